The molecule has 0 radical (unpaired) electrons. The molecule has 0 bridgehead atoms. The minimum Gasteiger partial charge on any atom is -0.455 e. The molecule has 0 spiro atoms. The van der Waals surface area contributed by atoms with E-state index in [9.17, 15) is 0 Å². The van der Waals surface area contributed by atoms with Gasteiger partial charge in [-0.05, 0) is 89.7 Å². The van der Waals surface area contributed by atoms with E-state index in [1.54, 1.807) is 0 Å². The van der Waals surface area contributed by atoms with Crippen LogP contribution in [-0.2, 0) is 0 Å². The third kappa shape index (κ3) is 4.88. The van der Waals surface area contributed by atoms with Crippen LogP contribution in [0.2, 0.25) is 0 Å². The van der Waals surface area contributed by atoms with Crippen LogP contribution in [0.15, 0.2) is 174 Å². The molecule has 0 unspecified atom stereocenters. The largest absolute Gasteiger partial charge is 0.455 e. The van der Waals surface area contributed by atoms with Crippen molar-refractivity contribution < 1.29 is 4.42 Å². The molecule has 0 saturated carbocycles. The molecular formula is C50H38N2O. The fourth-order valence-electron chi connectivity index (χ4n) is 8.41. The van der Waals surface area contributed by atoms with Crippen LogP contribution in [-0.4, -0.2) is 9.13 Å². The Labute approximate surface area is 308 Å². The number of fused-ring (bicyclic) bond motifs is 10. The minimum atomic E-state index is 0.394. The lowest BCUT2D eigenvalue weighted by Gasteiger charge is -2.14. The van der Waals surface area contributed by atoms with Gasteiger partial charge >= 0.3 is 0 Å². The van der Waals surface area contributed by atoms with Crippen LogP contribution >= 0.6 is 0 Å². The predicted octanol–water partition coefficient (Wildman–Crippen LogP) is 14.1. The van der Waals surface area contributed by atoms with Gasteiger partial charge in [0.25, 0.3) is 0 Å². The molecule has 0 fully saturated rings. The predicted molar refractivity (Wildman–Crippen MR) is 225 cm³/mol. The lowest BCUT2D eigenvalue weighted by atomic mass is 9.94. The summed E-state index contributed by atoms with van der Waals surface area (Å²) in [5, 5.41) is 7.03. The van der Waals surface area contributed by atoms with Crippen LogP contribution in [0.5, 0.6) is 0 Å². The molecule has 10 rings (SSSR count). The minimum absolute atomic E-state index is 0.394. The Morgan fingerprint density at radius 3 is 2.00 bits per heavy atom. The molecule has 3 heteroatoms. The molecule has 254 valence electrons. The van der Waals surface area contributed by atoms with Gasteiger partial charge in [-0.15, -0.1) is 0 Å². The van der Waals surface area contributed by atoms with Crippen LogP contribution in [0.3, 0.4) is 0 Å². The maximum atomic E-state index is 7.01. The van der Waals surface area contributed by atoms with Gasteiger partial charge in [-0.25, -0.2) is 0 Å². The van der Waals surface area contributed by atoms with Gasteiger partial charge in [0.2, 0.25) is 0 Å². The highest BCUT2D eigenvalue weighted by Crippen LogP contribution is 2.43. The van der Waals surface area contributed by atoms with Crippen molar-refractivity contribution in [3.63, 3.8) is 0 Å². The summed E-state index contributed by atoms with van der Waals surface area (Å²) < 4.78 is 11.8. The van der Waals surface area contributed by atoms with Crippen LogP contribution in [0, 0.1) is 5.92 Å². The Balaban J connectivity index is 1.22. The number of hydrogen-bond donors (Lipinski definition) is 0. The monoisotopic (exact) mass is 682 g/mol. The first-order chi connectivity index (χ1) is 26.1. The summed E-state index contributed by atoms with van der Waals surface area (Å²) in [5.41, 5.74) is 13.6. The molecule has 0 N–H and O–H groups in total. The van der Waals surface area contributed by atoms with E-state index in [4.69, 9.17) is 4.42 Å². The Morgan fingerprint density at radius 2 is 1.21 bits per heavy atom. The number of para-hydroxylation sites is 2. The van der Waals surface area contributed by atoms with Crippen molar-refractivity contribution in [1.82, 2.24) is 9.13 Å². The summed E-state index contributed by atoms with van der Waals surface area (Å²) in [4.78, 5) is 0. The second-order valence-electron chi connectivity index (χ2n) is 14.3. The maximum absolute atomic E-state index is 7.01. The van der Waals surface area contributed by atoms with Gasteiger partial charge < -0.3 is 13.6 Å². The normalized spacial score (nSPS) is 12.6. The third-order valence-electron chi connectivity index (χ3n) is 10.8. The van der Waals surface area contributed by atoms with Gasteiger partial charge in [-0.1, -0.05) is 123 Å². The lowest BCUT2D eigenvalue weighted by molar-refractivity contribution is 0.673. The number of aromatic nitrogens is 2. The molecule has 0 aliphatic heterocycles. The van der Waals surface area contributed by atoms with E-state index < -0.39 is 0 Å². The zero-order valence-electron chi connectivity index (χ0n) is 30.0. The van der Waals surface area contributed by atoms with E-state index in [-0.39, 0.29) is 0 Å². The van der Waals surface area contributed by atoms with Gasteiger partial charge in [-0.2, -0.15) is 0 Å². The van der Waals surface area contributed by atoms with E-state index >= 15 is 0 Å². The second kappa shape index (κ2) is 12.3. The Kier molecular flexibility index (Phi) is 7.23. The summed E-state index contributed by atoms with van der Waals surface area (Å²) in [5.74, 6) is 0.394. The van der Waals surface area contributed by atoms with Gasteiger partial charge in [0.15, 0.2) is 0 Å². The molecule has 0 aliphatic rings. The van der Waals surface area contributed by atoms with Crippen LogP contribution in [0.1, 0.15) is 26.3 Å². The summed E-state index contributed by atoms with van der Waals surface area (Å²) in [6.07, 6.45) is 6.47. The molecule has 10 aromatic rings. The van der Waals surface area contributed by atoms with E-state index in [1.165, 1.54) is 43.9 Å². The van der Waals surface area contributed by atoms with Crippen molar-refractivity contribution in [1.29, 1.82) is 0 Å². The zero-order chi connectivity index (χ0) is 35.6. The molecule has 0 atom stereocenters. The fourth-order valence-corrected chi connectivity index (χ4v) is 8.41. The smallest absolute Gasteiger partial charge is 0.145 e. The average molecular weight is 683 g/mol. The highest BCUT2D eigenvalue weighted by atomic mass is 16.3. The van der Waals surface area contributed by atoms with Gasteiger partial charge in [-0.3, -0.25) is 0 Å². The first-order valence-corrected chi connectivity index (χ1v) is 18.5. The number of allylic oxidation sites excluding steroid dienone is 4. The molecule has 3 heterocycles. The molecule has 0 amide bonds. The summed E-state index contributed by atoms with van der Waals surface area (Å²) in [6, 6.07) is 54.9. The number of furan rings is 1. The Bertz CT molecular complexity index is 3090. The van der Waals surface area contributed by atoms with Crippen molar-refractivity contribution in [2.75, 3.05) is 0 Å². The highest BCUT2D eigenvalue weighted by molar-refractivity contribution is 6.25. The number of rotatable bonds is 6. The first-order valence-electron chi connectivity index (χ1n) is 18.5. The average Bonchev–Trinajstić information content (AvgIpc) is 3.84. The van der Waals surface area contributed by atoms with Gasteiger partial charge in [0, 0.05) is 44.4 Å². The zero-order valence-corrected chi connectivity index (χ0v) is 30.0. The first kappa shape index (κ1) is 31.2. The second-order valence-corrected chi connectivity index (χ2v) is 14.3. The number of hydrogen-bond acceptors (Lipinski definition) is 1. The van der Waals surface area contributed by atoms with E-state index in [2.05, 4.69) is 200 Å². The van der Waals surface area contributed by atoms with Crippen molar-refractivity contribution in [3.05, 3.63) is 175 Å². The molecule has 53 heavy (non-hydrogen) atoms. The lowest BCUT2D eigenvalue weighted by Crippen LogP contribution is -1.98. The quantitative estimate of drug-likeness (QED) is 0.160. The van der Waals surface area contributed by atoms with E-state index in [0.717, 1.165) is 55.2 Å². The SMILES string of the molecule is C/C=C\C=C(\c1cccc(-n2c3ccccc3c3cc4c(cc32)oc2c4ccc3c2c2ccccc2n3-c2cccc(-c3ccccc3)c2)c1)C(C)C. The van der Waals surface area contributed by atoms with Crippen LogP contribution in [0.25, 0.3) is 93.6 Å². The standard InChI is InChI=1S/C50H38N2O/c1-4-5-21-38(32(2)3)35-18-14-20-37(29-35)52-44-24-11-9-22-39(44)42-30-43-40-26-27-46-49(50(40)53-48(43)31-47(42)52)41-23-10-12-25-45(41)51(46)36-19-13-17-34(28-36)33-15-7-6-8-16-33/h4-32H,1-3H3/b5-4-,38-21+. The van der Waals surface area contributed by atoms with Crippen LogP contribution in [0.4, 0.5) is 0 Å². The molecule has 3 nitrogen and oxygen atoms in total. The van der Waals surface area contributed by atoms with E-state index in [1.807, 2.05) is 0 Å². The molecular weight excluding hydrogens is 645 g/mol. The maximum Gasteiger partial charge on any atom is 0.145 e. The molecule has 0 aliphatic carbocycles. The topological polar surface area (TPSA) is 23.0 Å². The van der Waals surface area contributed by atoms with E-state index in [0.29, 0.717) is 5.92 Å². The Hall–Kier alpha value is -6.58. The Morgan fingerprint density at radius 1 is 0.528 bits per heavy atom. The van der Waals surface area contributed by atoms with Crippen molar-refractivity contribution in [3.8, 4) is 22.5 Å². The summed E-state index contributed by atoms with van der Waals surface area (Å²) in [7, 11) is 0. The number of nitrogens with zero attached hydrogens (tertiary/aromatic N) is 2. The third-order valence-corrected chi connectivity index (χ3v) is 10.8. The molecule has 3 aromatic heterocycles. The van der Waals surface area contributed by atoms with Crippen molar-refractivity contribution in [2.24, 2.45) is 5.92 Å². The van der Waals surface area contributed by atoms with Crippen molar-refractivity contribution in [2.45, 2.75) is 20.8 Å². The summed E-state index contributed by atoms with van der Waals surface area (Å²) >= 11 is 0. The van der Waals surface area contributed by atoms with Crippen LogP contribution < -0.4 is 0 Å². The van der Waals surface area contributed by atoms with Gasteiger partial charge in [0.05, 0.1) is 27.5 Å². The highest BCUT2D eigenvalue weighted by Gasteiger charge is 2.21. The summed E-state index contributed by atoms with van der Waals surface area (Å²) in [6.45, 7) is 6.59. The molecule has 0 saturated heterocycles. The molecule has 7 aromatic carbocycles. The van der Waals surface area contributed by atoms with Crippen molar-refractivity contribution >= 4 is 71.1 Å². The van der Waals surface area contributed by atoms with Gasteiger partial charge in [0.1, 0.15) is 11.2 Å². The number of benzene rings is 7. The fraction of sp³-hybridized carbons (Fsp3) is 0.0800.